The molecule has 0 aromatic rings. The number of carbonyl (C=O) groups is 3. The zero-order valence-electron chi connectivity index (χ0n) is 14.0. The van der Waals surface area contributed by atoms with Crippen molar-refractivity contribution < 1.29 is 19.1 Å². The molecular formula is C16H24N2O4S. The fourth-order valence-electron chi connectivity index (χ4n) is 2.78. The summed E-state index contributed by atoms with van der Waals surface area (Å²) in [5.74, 6) is -1.09. The first kappa shape index (κ1) is 18.0. The van der Waals surface area contributed by atoms with E-state index in [0.717, 1.165) is 0 Å². The lowest BCUT2D eigenvalue weighted by Crippen LogP contribution is -2.73. The Balaban J connectivity index is 2.31. The van der Waals surface area contributed by atoms with Crippen molar-refractivity contribution in [1.29, 1.82) is 0 Å². The molecule has 0 aromatic heterocycles. The van der Waals surface area contributed by atoms with Crippen LogP contribution >= 0.6 is 11.8 Å². The van der Waals surface area contributed by atoms with Crippen LogP contribution in [0.4, 0.5) is 0 Å². The van der Waals surface area contributed by atoms with Gasteiger partial charge in [-0.05, 0) is 19.9 Å². The maximum Gasteiger partial charge on any atom is 0.323 e. The summed E-state index contributed by atoms with van der Waals surface area (Å²) in [4.78, 5) is 39.1. The summed E-state index contributed by atoms with van der Waals surface area (Å²) in [6.45, 7) is 10.6. The van der Waals surface area contributed by atoms with Crippen LogP contribution in [0.25, 0.3) is 0 Å². The van der Waals surface area contributed by atoms with Crippen molar-refractivity contribution in [3.63, 3.8) is 0 Å². The Labute approximate surface area is 140 Å². The monoisotopic (exact) mass is 340 g/mol. The molecule has 23 heavy (non-hydrogen) atoms. The zero-order valence-corrected chi connectivity index (χ0v) is 14.8. The average Bonchev–Trinajstić information content (AvgIpc) is 2.51. The topological polar surface area (TPSA) is 89.7 Å². The Morgan fingerprint density at radius 1 is 1.52 bits per heavy atom. The first-order valence-corrected chi connectivity index (χ1v) is 8.69. The van der Waals surface area contributed by atoms with Crippen molar-refractivity contribution in [2.24, 2.45) is 17.1 Å². The third-order valence-electron chi connectivity index (χ3n) is 4.36. The molecule has 0 aromatic carbocycles. The molecular weight excluding hydrogens is 316 g/mol. The minimum Gasteiger partial charge on any atom is -0.455 e. The second-order valence-electron chi connectivity index (χ2n) is 6.99. The van der Waals surface area contributed by atoms with E-state index >= 15 is 0 Å². The molecule has 2 saturated heterocycles. The molecule has 2 N–H and O–H groups in total. The highest BCUT2D eigenvalue weighted by Crippen LogP contribution is 2.44. The van der Waals surface area contributed by atoms with Crippen LogP contribution in [0, 0.1) is 11.3 Å². The highest BCUT2D eigenvalue weighted by molar-refractivity contribution is 8.00. The minimum atomic E-state index is -1.34. The number of hydrogen-bond acceptors (Lipinski definition) is 6. The number of fused-ring (bicyclic) bond motifs is 1. The Morgan fingerprint density at radius 3 is 2.65 bits per heavy atom. The molecule has 2 heterocycles. The van der Waals surface area contributed by atoms with Gasteiger partial charge in [0.1, 0.15) is 17.0 Å². The van der Waals surface area contributed by atoms with Crippen LogP contribution in [0.15, 0.2) is 12.7 Å². The van der Waals surface area contributed by atoms with E-state index in [9.17, 15) is 14.4 Å². The van der Waals surface area contributed by atoms with Crippen molar-refractivity contribution in [2.75, 3.05) is 12.3 Å². The number of esters is 1. The van der Waals surface area contributed by atoms with Crippen LogP contribution < -0.4 is 5.73 Å². The molecule has 0 bridgehead atoms. The summed E-state index contributed by atoms with van der Waals surface area (Å²) < 4.78 is 5.51. The number of rotatable bonds is 5. The van der Waals surface area contributed by atoms with Crippen LogP contribution in [0.3, 0.4) is 0 Å². The van der Waals surface area contributed by atoms with E-state index in [4.69, 9.17) is 10.5 Å². The van der Waals surface area contributed by atoms with E-state index < -0.39 is 23.0 Å². The van der Waals surface area contributed by atoms with E-state index in [2.05, 4.69) is 6.58 Å². The van der Waals surface area contributed by atoms with E-state index in [-0.39, 0.29) is 35.3 Å². The van der Waals surface area contributed by atoms with Crippen LogP contribution in [0.5, 0.6) is 0 Å². The molecule has 0 saturated carbocycles. The summed E-state index contributed by atoms with van der Waals surface area (Å²) in [5, 5.41) is -0.157. The smallest absolute Gasteiger partial charge is 0.323 e. The van der Waals surface area contributed by atoms with Gasteiger partial charge in [-0.2, -0.15) is 0 Å². The van der Waals surface area contributed by atoms with E-state index in [1.165, 1.54) is 22.7 Å². The van der Waals surface area contributed by atoms with Gasteiger partial charge in [-0.1, -0.05) is 20.4 Å². The average molecular weight is 340 g/mol. The molecule has 3 atom stereocenters. The van der Waals surface area contributed by atoms with Crippen molar-refractivity contribution in [3.05, 3.63) is 12.7 Å². The quantitative estimate of drug-likeness (QED) is 0.347. The molecule has 2 aliphatic heterocycles. The van der Waals surface area contributed by atoms with Gasteiger partial charge in [-0.15, -0.1) is 11.8 Å². The number of nitrogens with two attached hydrogens (primary N) is 1. The Hall–Kier alpha value is -1.34. The van der Waals surface area contributed by atoms with Gasteiger partial charge in [-0.25, -0.2) is 0 Å². The molecule has 0 radical (unpaired) electrons. The third kappa shape index (κ3) is 2.92. The van der Waals surface area contributed by atoms with E-state index in [1.807, 2.05) is 0 Å². The van der Waals surface area contributed by atoms with Crippen molar-refractivity contribution in [3.8, 4) is 0 Å². The SMILES string of the molecule is C=CC(C)(C)OC(=O)C1(C(=O)C(C)C)CS[C@@H]2C(N)C(=O)N2C1. The van der Waals surface area contributed by atoms with Gasteiger partial charge < -0.3 is 15.4 Å². The summed E-state index contributed by atoms with van der Waals surface area (Å²) in [6.07, 6.45) is 1.52. The zero-order chi connectivity index (χ0) is 17.6. The standard InChI is InChI=1S/C16H24N2O4S/c1-6-15(4,5)22-14(21)16(11(19)9(2)3)7-18-12(20)10(17)13(18)23-8-16/h6,9-10,13H,1,7-8,17H2,2-5H3/t10?,13-,16?/m1/s1. The van der Waals surface area contributed by atoms with Gasteiger partial charge in [0.15, 0.2) is 11.2 Å². The number of ether oxygens (including phenoxy) is 1. The number of amides is 1. The van der Waals surface area contributed by atoms with Crippen LogP contribution in [-0.2, 0) is 19.1 Å². The van der Waals surface area contributed by atoms with E-state index in [1.54, 1.807) is 27.7 Å². The first-order valence-electron chi connectivity index (χ1n) is 7.65. The third-order valence-corrected chi connectivity index (χ3v) is 5.91. The number of β-lactam (4-membered cyclic amide) rings is 1. The number of hydrogen-bond donors (Lipinski definition) is 1. The number of carbonyl (C=O) groups excluding carboxylic acids is 3. The summed E-state index contributed by atoms with van der Waals surface area (Å²) >= 11 is 1.37. The summed E-state index contributed by atoms with van der Waals surface area (Å²) in [5.41, 5.74) is 3.56. The Kier molecular flexibility index (Phi) is 4.65. The van der Waals surface area contributed by atoms with Crippen molar-refractivity contribution in [2.45, 2.75) is 44.7 Å². The molecule has 128 valence electrons. The van der Waals surface area contributed by atoms with E-state index in [0.29, 0.717) is 0 Å². The predicted molar refractivity (Wildman–Crippen MR) is 88.6 cm³/mol. The highest BCUT2D eigenvalue weighted by Gasteiger charge is 2.60. The molecule has 1 amide bonds. The predicted octanol–water partition coefficient (Wildman–Crippen LogP) is 0.948. The molecule has 0 spiro atoms. The summed E-state index contributed by atoms with van der Waals surface area (Å²) in [7, 11) is 0. The van der Waals surface area contributed by atoms with Crippen LogP contribution in [0.2, 0.25) is 0 Å². The lowest BCUT2D eigenvalue weighted by molar-refractivity contribution is -0.172. The normalized spacial score (nSPS) is 30.5. The van der Waals surface area contributed by atoms with Crippen molar-refractivity contribution in [1.82, 2.24) is 4.90 Å². The fraction of sp³-hybridized carbons (Fsp3) is 0.688. The Bertz CT molecular complexity index is 560. The second kappa shape index (κ2) is 5.94. The fourth-order valence-corrected chi connectivity index (χ4v) is 4.27. The number of nitrogens with zero attached hydrogens (tertiary/aromatic N) is 1. The maximum atomic E-state index is 12.8. The van der Waals surface area contributed by atoms with Crippen LogP contribution in [0.1, 0.15) is 27.7 Å². The number of ketones is 1. The molecule has 6 nitrogen and oxygen atoms in total. The molecule has 0 aliphatic carbocycles. The first-order chi connectivity index (χ1) is 10.6. The molecule has 7 heteroatoms. The molecule has 2 rings (SSSR count). The lowest BCUT2D eigenvalue weighted by Gasteiger charge is -2.53. The second-order valence-corrected chi connectivity index (χ2v) is 8.10. The van der Waals surface area contributed by atoms with Gasteiger partial charge in [0.25, 0.3) is 0 Å². The van der Waals surface area contributed by atoms with Gasteiger partial charge in [0.2, 0.25) is 5.91 Å². The molecule has 2 aliphatic rings. The van der Waals surface area contributed by atoms with Gasteiger partial charge in [0, 0.05) is 18.2 Å². The largest absolute Gasteiger partial charge is 0.455 e. The maximum absolute atomic E-state index is 12.8. The van der Waals surface area contributed by atoms with Crippen LogP contribution in [-0.4, -0.2) is 51.9 Å². The lowest BCUT2D eigenvalue weighted by atomic mass is 9.78. The van der Waals surface area contributed by atoms with Gasteiger partial charge >= 0.3 is 5.97 Å². The molecule has 2 unspecified atom stereocenters. The molecule has 2 fully saturated rings. The number of thioether (sulfide) groups is 1. The van der Waals surface area contributed by atoms with Gasteiger partial charge in [-0.3, -0.25) is 14.4 Å². The van der Waals surface area contributed by atoms with Gasteiger partial charge in [0.05, 0.1) is 0 Å². The highest BCUT2D eigenvalue weighted by atomic mass is 32.2. The number of Topliss-reactive ketones (excluding diaryl/α,β-unsaturated/α-hetero) is 1. The Morgan fingerprint density at radius 2 is 2.13 bits per heavy atom. The minimum absolute atomic E-state index is 0.0419. The van der Waals surface area contributed by atoms with Crippen molar-refractivity contribution >= 4 is 29.4 Å². The summed E-state index contributed by atoms with van der Waals surface area (Å²) in [6, 6.07) is -0.548.